The van der Waals surface area contributed by atoms with E-state index in [9.17, 15) is 0 Å². The van der Waals surface area contributed by atoms with Crippen LogP contribution in [-0.2, 0) is 0 Å². The predicted octanol–water partition coefficient (Wildman–Crippen LogP) is 5.06. The summed E-state index contributed by atoms with van der Waals surface area (Å²) < 4.78 is 0. The average molecular weight is 266 g/mol. The van der Waals surface area contributed by atoms with Gasteiger partial charge in [0.25, 0.3) is 0 Å². The van der Waals surface area contributed by atoms with Gasteiger partial charge in [0.2, 0.25) is 0 Å². The maximum absolute atomic E-state index is 5.87. The molecule has 0 unspecified atom stereocenters. The third-order valence-corrected chi connectivity index (χ3v) is 3.26. The van der Waals surface area contributed by atoms with Crippen molar-refractivity contribution < 1.29 is 0 Å². The van der Waals surface area contributed by atoms with Gasteiger partial charge in [-0.25, -0.2) is 0 Å². The van der Waals surface area contributed by atoms with Gasteiger partial charge in [0, 0.05) is 16.6 Å². The van der Waals surface area contributed by atoms with Gasteiger partial charge in [0.1, 0.15) is 0 Å². The summed E-state index contributed by atoms with van der Waals surface area (Å²) in [6.45, 7) is 0. The molecule has 0 aliphatic rings. The van der Waals surface area contributed by atoms with Crippen LogP contribution in [0.15, 0.2) is 60.8 Å². The van der Waals surface area contributed by atoms with Crippen LogP contribution in [0.3, 0.4) is 0 Å². The SMILES string of the molecule is Clc1ccc(/C=C/c2nccc3ccccc23)cc1. The number of pyridine rings is 1. The minimum atomic E-state index is 0.750. The minimum absolute atomic E-state index is 0.750. The molecule has 0 radical (unpaired) electrons. The highest BCUT2D eigenvalue weighted by Gasteiger charge is 1.97. The lowest BCUT2D eigenvalue weighted by molar-refractivity contribution is 1.33. The Bertz CT molecular complexity index is 724. The van der Waals surface area contributed by atoms with Crippen molar-refractivity contribution in [3.8, 4) is 0 Å². The van der Waals surface area contributed by atoms with Crippen LogP contribution in [-0.4, -0.2) is 4.98 Å². The molecule has 0 N–H and O–H groups in total. The zero-order valence-corrected chi connectivity index (χ0v) is 11.0. The highest BCUT2D eigenvalue weighted by atomic mass is 35.5. The number of hydrogen-bond donors (Lipinski definition) is 0. The molecule has 0 saturated heterocycles. The Balaban J connectivity index is 1.99. The molecule has 1 aromatic heterocycles. The summed E-state index contributed by atoms with van der Waals surface area (Å²) in [5, 5.41) is 3.11. The molecule has 3 aromatic rings. The van der Waals surface area contributed by atoms with Crippen molar-refractivity contribution in [3.63, 3.8) is 0 Å². The van der Waals surface area contributed by atoms with Crippen LogP contribution in [0.1, 0.15) is 11.3 Å². The zero-order chi connectivity index (χ0) is 13.1. The molecule has 1 heterocycles. The Morgan fingerprint density at radius 3 is 2.47 bits per heavy atom. The Kier molecular flexibility index (Phi) is 3.30. The molecule has 92 valence electrons. The number of rotatable bonds is 2. The Morgan fingerprint density at radius 1 is 0.842 bits per heavy atom. The van der Waals surface area contributed by atoms with Crippen LogP contribution in [0.2, 0.25) is 5.02 Å². The van der Waals surface area contributed by atoms with E-state index in [-0.39, 0.29) is 0 Å². The summed E-state index contributed by atoms with van der Waals surface area (Å²) in [4.78, 5) is 4.43. The fraction of sp³-hybridized carbons (Fsp3) is 0. The molecule has 19 heavy (non-hydrogen) atoms. The highest BCUT2D eigenvalue weighted by molar-refractivity contribution is 6.30. The predicted molar refractivity (Wildman–Crippen MR) is 82.1 cm³/mol. The molecule has 0 saturated carbocycles. The number of halogens is 1. The molecule has 2 heteroatoms. The normalized spacial score (nSPS) is 11.2. The molecular formula is C17H12ClN. The smallest absolute Gasteiger partial charge is 0.0708 e. The summed E-state index contributed by atoms with van der Waals surface area (Å²) in [5.41, 5.74) is 2.09. The first-order valence-corrected chi connectivity index (χ1v) is 6.48. The van der Waals surface area contributed by atoms with E-state index in [1.165, 1.54) is 5.39 Å². The van der Waals surface area contributed by atoms with E-state index in [0.29, 0.717) is 0 Å². The Hall–Kier alpha value is -2.12. The second-order valence-corrected chi connectivity index (χ2v) is 4.74. The number of hydrogen-bond acceptors (Lipinski definition) is 1. The average Bonchev–Trinajstić information content (AvgIpc) is 2.47. The first-order chi connectivity index (χ1) is 9.33. The van der Waals surface area contributed by atoms with Gasteiger partial charge in [-0.05, 0) is 35.2 Å². The lowest BCUT2D eigenvalue weighted by Gasteiger charge is -2.00. The second-order valence-electron chi connectivity index (χ2n) is 4.30. The lowest BCUT2D eigenvalue weighted by Crippen LogP contribution is -1.82. The van der Waals surface area contributed by atoms with Crippen LogP contribution in [0.4, 0.5) is 0 Å². The topological polar surface area (TPSA) is 12.9 Å². The van der Waals surface area contributed by atoms with Crippen LogP contribution in [0.5, 0.6) is 0 Å². The quantitative estimate of drug-likeness (QED) is 0.631. The summed E-state index contributed by atoms with van der Waals surface area (Å²) in [5.74, 6) is 0. The third kappa shape index (κ3) is 2.67. The van der Waals surface area contributed by atoms with Gasteiger partial charge in [-0.3, -0.25) is 4.98 Å². The van der Waals surface area contributed by atoms with Crippen molar-refractivity contribution in [1.29, 1.82) is 0 Å². The molecule has 1 nitrogen and oxygen atoms in total. The monoisotopic (exact) mass is 265 g/mol. The van der Waals surface area contributed by atoms with Gasteiger partial charge < -0.3 is 0 Å². The third-order valence-electron chi connectivity index (χ3n) is 3.01. The molecule has 2 aromatic carbocycles. The van der Waals surface area contributed by atoms with Crippen molar-refractivity contribution in [3.05, 3.63) is 77.1 Å². The fourth-order valence-corrected chi connectivity index (χ4v) is 2.15. The van der Waals surface area contributed by atoms with E-state index < -0.39 is 0 Å². The number of nitrogens with zero attached hydrogens (tertiary/aromatic N) is 1. The number of benzene rings is 2. The highest BCUT2D eigenvalue weighted by Crippen LogP contribution is 2.19. The first kappa shape index (κ1) is 11.9. The van der Waals surface area contributed by atoms with Gasteiger partial charge in [-0.2, -0.15) is 0 Å². The van der Waals surface area contributed by atoms with Crippen molar-refractivity contribution >= 4 is 34.5 Å². The molecule has 0 atom stereocenters. The van der Waals surface area contributed by atoms with Crippen LogP contribution in [0, 0.1) is 0 Å². The van der Waals surface area contributed by atoms with E-state index in [4.69, 9.17) is 11.6 Å². The largest absolute Gasteiger partial charge is 0.256 e. The maximum Gasteiger partial charge on any atom is 0.0708 e. The van der Waals surface area contributed by atoms with Crippen molar-refractivity contribution in [1.82, 2.24) is 4.98 Å². The van der Waals surface area contributed by atoms with Gasteiger partial charge >= 0.3 is 0 Å². The van der Waals surface area contributed by atoms with Crippen molar-refractivity contribution in [2.75, 3.05) is 0 Å². The lowest BCUT2D eigenvalue weighted by atomic mass is 10.1. The summed E-state index contributed by atoms with van der Waals surface area (Å²) in [7, 11) is 0. The maximum atomic E-state index is 5.87. The number of aromatic nitrogens is 1. The molecule has 0 bridgehead atoms. The van der Waals surface area contributed by atoms with E-state index in [1.54, 1.807) is 0 Å². The standard InChI is InChI=1S/C17H12ClN/c18-15-8-5-13(6-9-15)7-10-17-16-4-2-1-3-14(16)11-12-19-17/h1-12H/b10-7+. The van der Waals surface area contributed by atoms with E-state index in [0.717, 1.165) is 21.7 Å². The molecule has 0 spiro atoms. The molecule has 0 fully saturated rings. The van der Waals surface area contributed by atoms with Crippen molar-refractivity contribution in [2.45, 2.75) is 0 Å². The molecule has 0 aliphatic heterocycles. The first-order valence-electron chi connectivity index (χ1n) is 6.10. The summed E-state index contributed by atoms with van der Waals surface area (Å²) in [6, 6.07) is 18.0. The zero-order valence-electron chi connectivity index (χ0n) is 10.3. The molecular weight excluding hydrogens is 254 g/mol. The van der Waals surface area contributed by atoms with Gasteiger partial charge in [-0.15, -0.1) is 0 Å². The molecule has 3 rings (SSSR count). The van der Waals surface area contributed by atoms with Crippen LogP contribution in [0.25, 0.3) is 22.9 Å². The summed E-state index contributed by atoms with van der Waals surface area (Å²) >= 11 is 5.87. The van der Waals surface area contributed by atoms with Gasteiger partial charge in [-0.1, -0.05) is 54.1 Å². The van der Waals surface area contributed by atoms with Crippen LogP contribution >= 0.6 is 11.6 Å². The molecule has 0 amide bonds. The summed E-state index contributed by atoms with van der Waals surface area (Å²) in [6.07, 6.45) is 5.92. The second kappa shape index (κ2) is 5.25. The van der Waals surface area contributed by atoms with E-state index >= 15 is 0 Å². The fourth-order valence-electron chi connectivity index (χ4n) is 2.02. The molecule has 0 aliphatic carbocycles. The van der Waals surface area contributed by atoms with Gasteiger partial charge in [0.15, 0.2) is 0 Å². The van der Waals surface area contributed by atoms with E-state index in [1.807, 2.05) is 60.8 Å². The minimum Gasteiger partial charge on any atom is -0.256 e. The van der Waals surface area contributed by atoms with E-state index in [2.05, 4.69) is 17.1 Å². The number of fused-ring (bicyclic) bond motifs is 1. The van der Waals surface area contributed by atoms with Gasteiger partial charge in [0.05, 0.1) is 5.69 Å². The Morgan fingerprint density at radius 2 is 1.63 bits per heavy atom. The van der Waals surface area contributed by atoms with Crippen molar-refractivity contribution in [2.24, 2.45) is 0 Å². The van der Waals surface area contributed by atoms with Crippen LogP contribution < -0.4 is 0 Å². The Labute approximate surface area is 117 Å².